The molecule has 24 heavy (non-hydrogen) atoms. The zero-order chi connectivity index (χ0) is 16.8. The molecule has 1 aromatic rings. The maximum atomic E-state index is 12.0. The zero-order valence-electron chi connectivity index (χ0n) is 14.1. The lowest BCUT2D eigenvalue weighted by molar-refractivity contribution is -0.131. The molecule has 0 saturated carbocycles. The van der Waals surface area contributed by atoms with E-state index in [1.807, 2.05) is 6.07 Å². The van der Waals surface area contributed by atoms with E-state index in [2.05, 4.69) is 9.88 Å². The zero-order valence-corrected chi connectivity index (χ0v) is 14.9. The number of carbonyl (C=O) groups is 2. The van der Waals surface area contributed by atoms with Gasteiger partial charge in [0.1, 0.15) is 5.82 Å². The van der Waals surface area contributed by atoms with Gasteiger partial charge < -0.3 is 20.3 Å². The number of carbonyl (C=O) groups excluding carboxylic acids is 2. The number of aromatic nitrogens is 1. The van der Waals surface area contributed by atoms with E-state index in [-0.39, 0.29) is 24.3 Å². The minimum atomic E-state index is -0.469. The van der Waals surface area contributed by atoms with Crippen molar-refractivity contribution in [2.75, 3.05) is 37.7 Å². The second-order valence-electron chi connectivity index (χ2n) is 5.58. The fraction of sp³-hybridized carbons (Fsp3) is 0.562. The van der Waals surface area contributed by atoms with Crippen LogP contribution in [0.15, 0.2) is 18.3 Å². The predicted molar refractivity (Wildman–Crippen MR) is 94.5 cm³/mol. The first-order chi connectivity index (χ1) is 11.0. The van der Waals surface area contributed by atoms with Gasteiger partial charge >= 0.3 is 5.97 Å². The molecule has 2 N–H and O–H groups in total. The van der Waals surface area contributed by atoms with Gasteiger partial charge in [0, 0.05) is 32.4 Å². The quantitative estimate of drug-likeness (QED) is 0.812. The number of hydrogen-bond acceptors (Lipinski definition) is 6. The van der Waals surface area contributed by atoms with Gasteiger partial charge in [-0.2, -0.15) is 0 Å². The smallest absolute Gasteiger partial charge is 0.339 e. The minimum absolute atomic E-state index is 0. The van der Waals surface area contributed by atoms with Gasteiger partial charge in [0.15, 0.2) is 0 Å². The molecular formula is C16H25ClN4O3. The molecule has 1 aromatic heterocycles. The average molecular weight is 357 g/mol. The highest BCUT2D eigenvalue weighted by molar-refractivity contribution is 5.89. The molecular weight excluding hydrogens is 332 g/mol. The molecule has 1 saturated heterocycles. The van der Waals surface area contributed by atoms with Crippen LogP contribution in [0.2, 0.25) is 0 Å². The van der Waals surface area contributed by atoms with Crippen LogP contribution in [-0.4, -0.2) is 60.6 Å². The summed E-state index contributed by atoms with van der Waals surface area (Å²) in [6.07, 6.45) is 2.39. The molecule has 0 radical (unpaired) electrons. The van der Waals surface area contributed by atoms with Crippen LogP contribution < -0.4 is 10.6 Å². The Bertz CT molecular complexity index is 551. The number of amides is 1. The number of nitrogens with zero attached hydrogens (tertiary/aromatic N) is 3. The van der Waals surface area contributed by atoms with Crippen molar-refractivity contribution in [3.8, 4) is 0 Å². The van der Waals surface area contributed by atoms with E-state index in [9.17, 15) is 9.59 Å². The van der Waals surface area contributed by atoms with Gasteiger partial charge in [-0.1, -0.05) is 0 Å². The molecule has 0 aromatic carbocycles. The van der Waals surface area contributed by atoms with Gasteiger partial charge in [-0.3, -0.25) is 4.79 Å². The number of rotatable bonds is 4. The largest absolute Gasteiger partial charge is 0.462 e. The molecule has 1 aliphatic rings. The summed E-state index contributed by atoms with van der Waals surface area (Å²) < 4.78 is 4.95. The van der Waals surface area contributed by atoms with Crippen LogP contribution in [0.5, 0.6) is 0 Å². The molecule has 7 nitrogen and oxygen atoms in total. The van der Waals surface area contributed by atoms with Crippen LogP contribution in [0, 0.1) is 0 Å². The molecule has 0 aliphatic carbocycles. The summed E-state index contributed by atoms with van der Waals surface area (Å²) >= 11 is 0. The van der Waals surface area contributed by atoms with E-state index < -0.39 is 6.04 Å². The Hall–Kier alpha value is -1.86. The molecule has 8 heteroatoms. The Kier molecular flexibility index (Phi) is 7.94. The summed E-state index contributed by atoms with van der Waals surface area (Å²) in [5.41, 5.74) is 6.12. The van der Waals surface area contributed by atoms with E-state index >= 15 is 0 Å². The minimum Gasteiger partial charge on any atom is -0.462 e. The Morgan fingerprint density at radius 1 is 1.29 bits per heavy atom. The van der Waals surface area contributed by atoms with Crippen LogP contribution in [0.3, 0.4) is 0 Å². The molecule has 0 spiro atoms. The standard InChI is InChI=1S/C16H24N4O3.ClH/c1-3-23-16(22)13-5-6-14(18-11-13)19-7-4-8-20(10-9-19)15(21)12(2)17;/h5-6,11-12H,3-4,7-10,17H2,1-2H3;1H. The Morgan fingerprint density at radius 3 is 2.62 bits per heavy atom. The third-order valence-corrected chi connectivity index (χ3v) is 3.78. The molecule has 2 heterocycles. The van der Waals surface area contributed by atoms with Crippen molar-refractivity contribution in [3.05, 3.63) is 23.9 Å². The highest BCUT2D eigenvalue weighted by atomic mass is 35.5. The number of esters is 1. The van der Waals surface area contributed by atoms with Crippen LogP contribution in [0.25, 0.3) is 0 Å². The number of pyridine rings is 1. The summed E-state index contributed by atoms with van der Waals surface area (Å²) in [4.78, 5) is 31.9. The maximum Gasteiger partial charge on any atom is 0.339 e. The first-order valence-corrected chi connectivity index (χ1v) is 7.95. The van der Waals surface area contributed by atoms with E-state index in [1.54, 1.807) is 24.8 Å². The molecule has 134 valence electrons. The van der Waals surface area contributed by atoms with Gasteiger partial charge in [-0.05, 0) is 32.4 Å². The average Bonchev–Trinajstić information content (AvgIpc) is 2.80. The normalized spacial score (nSPS) is 16.0. The van der Waals surface area contributed by atoms with Crippen molar-refractivity contribution >= 4 is 30.1 Å². The first-order valence-electron chi connectivity index (χ1n) is 7.95. The van der Waals surface area contributed by atoms with Crippen LogP contribution in [0.1, 0.15) is 30.6 Å². The Morgan fingerprint density at radius 2 is 2.04 bits per heavy atom. The van der Waals surface area contributed by atoms with Gasteiger partial charge in [0.2, 0.25) is 5.91 Å². The topological polar surface area (TPSA) is 88.8 Å². The Labute approximate surface area is 148 Å². The molecule has 1 unspecified atom stereocenters. The van der Waals surface area contributed by atoms with E-state index in [0.29, 0.717) is 31.8 Å². The molecule has 0 bridgehead atoms. The number of ether oxygens (including phenoxy) is 1. The summed E-state index contributed by atoms with van der Waals surface area (Å²) in [7, 11) is 0. The second kappa shape index (κ2) is 9.44. The fourth-order valence-corrected chi connectivity index (χ4v) is 2.56. The van der Waals surface area contributed by atoms with Crippen molar-refractivity contribution in [2.24, 2.45) is 5.73 Å². The Balaban J connectivity index is 0.00000288. The summed E-state index contributed by atoms with van der Waals surface area (Å²) in [5.74, 6) is 0.418. The van der Waals surface area contributed by atoms with Crippen LogP contribution in [0.4, 0.5) is 5.82 Å². The summed E-state index contributed by atoms with van der Waals surface area (Å²) in [5, 5.41) is 0. The lowest BCUT2D eigenvalue weighted by atomic mass is 10.2. The van der Waals surface area contributed by atoms with Crippen molar-refractivity contribution in [1.82, 2.24) is 9.88 Å². The van der Waals surface area contributed by atoms with Gasteiger partial charge in [0.05, 0.1) is 18.2 Å². The monoisotopic (exact) mass is 356 g/mol. The third kappa shape index (κ3) is 5.07. The molecule has 1 aliphatic heterocycles. The number of nitrogens with two attached hydrogens (primary N) is 1. The summed E-state index contributed by atoms with van der Waals surface area (Å²) in [6, 6.07) is 3.06. The molecule has 2 rings (SSSR count). The van der Waals surface area contributed by atoms with Crippen LogP contribution >= 0.6 is 12.4 Å². The van der Waals surface area contributed by atoms with Crippen molar-refractivity contribution in [3.63, 3.8) is 0 Å². The van der Waals surface area contributed by atoms with Crippen LogP contribution in [-0.2, 0) is 9.53 Å². The first kappa shape index (κ1) is 20.2. The predicted octanol–water partition coefficient (Wildman–Crippen LogP) is 1.07. The van der Waals surface area contributed by atoms with Crippen molar-refractivity contribution < 1.29 is 14.3 Å². The van der Waals surface area contributed by atoms with Crippen molar-refractivity contribution in [1.29, 1.82) is 0 Å². The second-order valence-corrected chi connectivity index (χ2v) is 5.58. The highest BCUT2D eigenvalue weighted by Crippen LogP contribution is 2.15. The van der Waals surface area contributed by atoms with E-state index in [0.717, 1.165) is 18.8 Å². The SMILES string of the molecule is CCOC(=O)c1ccc(N2CCCN(C(=O)C(C)N)CC2)nc1.Cl. The lowest BCUT2D eigenvalue weighted by Crippen LogP contribution is -2.43. The number of hydrogen-bond donors (Lipinski definition) is 1. The van der Waals surface area contributed by atoms with E-state index in [1.165, 1.54) is 6.20 Å². The number of anilines is 1. The fourth-order valence-electron chi connectivity index (χ4n) is 2.56. The molecule has 1 atom stereocenters. The van der Waals surface area contributed by atoms with Gasteiger partial charge in [-0.25, -0.2) is 9.78 Å². The van der Waals surface area contributed by atoms with Crippen molar-refractivity contribution in [2.45, 2.75) is 26.3 Å². The lowest BCUT2D eigenvalue weighted by Gasteiger charge is -2.24. The van der Waals surface area contributed by atoms with Gasteiger partial charge in [0.25, 0.3) is 0 Å². The third-order valence-electron chi connectivity index (χ3n) is 3.78. The van der Waals surface area contributed by atoms with E-state index in [4.69, 9.17) is 10.5 Å². The van der Waals surface area contributed by atoms with Gasteiger partial charge in [-0.15, -0.1) is 12.4 Å². The molecule has 1 fully saturated rings. The summed E-state index contributed by atoms with van der Waals surface area (Å²) in [6.45, 7) is 6.67. The maximum absolute atomic E-state index is 12.0. The highest BCUT2D eigenvalue weighted by Gasteiger charge is 2.22. The molecule has 1 amide bonds. The number of halogens is 1.